The topological polar surface area (TPSA) is 65.0 Å². The number of ether oxygens (including phenoxy) is 1. The lowest BCUT2D eigenvalue weighted by molar-refractivity contribution is -0.119. The van der Waals surface area contributed by atoms with Crippen molar-refractivity contribution >= 4 is 23.2 Å². The van der Waals surface area contributed by atoms with Crippen molar-refractivity contribution in [2.24, 2.45) is 0 Å². The number of hydrogen-bond donors (Lipinski definition) is 2. The molecular weight excluding hydrogens is 433 g/mol. The quantitative estimate of drug-likeness (QED) is 0.662. The Hall–Kier alpha value is -2.19. The van der Waals surface area contributed by atoms with E-state index in [1.165, 1.54) is 19.2 Å². The second kappa shape index (κ2) is 9.35. The van der Waals surface area contributed by atoms with Crippen LogP contribution in [0, 0.1) is 5.82 Å². The molecule has 1 amide bonds. The number of aliphatic hydroxyl groups is 1. The van der Waals surface area contributed by atoms with Gasteiger partial charge in [-0.05, 0) is 55.8 Å². The first-order valence-corrected chi connectivity index (χ1v) is 11.3. The SMILES string of the molecule is COc1cc2c(cc1Cl)C(CCCN1CCN(C)CC1)(c1cc(CO)ccc1F)C(=O)N2. The molecule has 1 fully saturated rings. The van der Waals surface area contributed by atoms with Crippen LogP contribution in [0.2, 0.25) is 5.02 Å². The number of fused-ring (bicyclic) bond motifs is 1. The molecule has 0 aliphatic carbocycles. The van der Waals surface area contributed by atoms with E-state index in [0.717, 1.165) is 32.7 Å². The highest BCUT2D eigenvalue weighted by atomic mass is 35.5. The first kappa shape index (κ1) is 23.0. The van der Waals surface area contributed by atoms with Crippen LogP contribution in [0.1, 0.15) is 29.5 Å². The highest BCUT2D eigenvalue weighted by molar-refractivity contribution is 6.32. The molecule has 1 saturated heterocycles. The number of benzene rings is 2. The Morgan fingerprint density at radius 1 is 1.19 bits per heavy atom. The van der Waals surface area contributed by atoms with Crippen LogP contribution in [0.4, 0.5) is 10.1 Å². The molecule has 2 aromatic carbocycles. The summed E-state index contributed by atoms with van der Waals surface area (Å²) in [6, 6.07) is 7.84. The normalized spacial score (nSPS) is 21.5. The fourth-order valence-electron chi connectivity index (χ4n) is 4.81. The van der Waals surface area contributed by atoms with Crippen molar-refractivity contribution in [2.45, 2.75) is 24.9 Å². The Bertz CT molecular complexity index is 1010. The van der Waals surface area contributed by atoms with Crippen LogP contribution in [-0.4, -0.2) is 67.7 Å². The molecule has 6 nitrogen and oxygen atoms in total. The Balaban J connectivity index is 1.73. The lowest BCUT2D eigenvalue weighted by Crippen LogP contribution is -2.45. The number of rotatable bonds is 7. The summed E-state index contributed by atoms with van der Waals surface area (Å²) >= 11 is 6.43. The average Bonchev–Trinajstić information content (AvgIpc) is 3.06. The number of halogens is 2. The maximum absolute atomic E-state index is 15.2. The average molecular weight is 462 g/mol. The van der Waals surface area contributed by atoms with Gasteiger partial charge >= 0.3 is 0 Å². The van der Waals surface area contributed by atoms with Crippen LogP contribution in [0.5, 0.6) is 5.75 Å². The molecule has 2 aliphatic heterocycles. The molecule has 4 rings (SSSR count). The van der Waals surface area contributed by atoms with Gasteiger partial charge in [-0.25, -0.2) is 4.39 Å². The zero-order chi connectivity index (χ0) is 22.9. The predicted molar refractivity (Wildman–Crippen MR) is 123 cm³/mol. The molecule has 172 valence electrons. The fourth-order valence-corrected chi connectivity index (χ4v) is 5.05. The summed E-state index contributed by atoms with van der Waals surface area (Å²) in [5, 5.41) is 12.9. The smallest absolute Gasteiger partial charge is 0.239 e. The lowest BCUT2D eigenvalue weighted by Gasteiger charge is -2.34. The van der Waals surface area contributed by atoms with Gasteiger partial charge in [0.2, 0.25) is 5.91 Å². The van der Waals surface area contributed by atoms with Crippen molar-refractivity contribution in [3.63, 3.8) is 0 Å². The second-order valence-electron chi connectivity index (χ2n) is 8.61. The zero-order valence-electron chi connectivity index (χ0n) is 18.5. The largest absolute Gasteiger partial charge is 0.495 e. The van der Waals surface area contributed by atoms with Gasteiger partial charge in [0.15, 0.2) is 0 Å². The second-order valence-corrected chi connectivity index (χ2v) is 9.02. The first-order chi connectivity index (χ1) is 15.4. The van der Waals surface area contributed by atoms with E-state index in [4.69, 9.17) is 16.3 Å². The van der Waals surface area contributed by atoms with E-state index in [-0.39, 0.29) is 18.1 Å². The zero-order valence-corrected chi connectivity index (χ0v) is 19.2. The summed E-state index contributed by atoms with van der Waals surface area (Å²) in [7, 11) is 3.62. The van der Waals surface area contributed by atoms with Crippen molar-refractivity contribution in [3.8, 4) is 5.75 Å². The summed E-state index contributed by atoms with van der Waals surface area (Å²) in [5.74, 6) is -0.315. The Morgan fingerprint density at radius 3 is 2.62 bits per heavy atom. The van der Waals surface area contributed by atoms with E-state index in [9.17, 15) is 9.90 Å². The number of likely N-dealkylation sites (N-methyl/N-ethyl adjacent to an activating group) is 1. The first-order valence-electron chi connectivity index (χ1n) is 10.9. The number of carbonyl (C=O) groups is 1. The van der Waals surface area contributed by atoms with Crippen molar-refractivity contribution < 1.29 is 19.0 Å². The lowest BCUT2D eigenvalue weighted by atomic mass is 9.71. The van der Waals surface area contributed by atoms with Gasteiger partial charge in [0, 0.05) is 43.5 Å². The van der Waals surface area contributed by atoms with Gasteiger partial charge in [0.25, 0.3) is 0 Å². The summed E-state index contributed by atoms with van der Waals surface area (Å²) in [6.07, 6.45) is 1.13. The van der Waals surface area contributed by atoms with E-state index < -0.39 is 11.2 Å². The monoisotopic (exact) mass is 461 g/mol. The number of carbonyl (C=O) groups excluding carboxylic acids is 1. The number of aliphatic hydroxyl groups excluding tert-OH is 1. The van der Waals surface area contributed by atoms with Gasteiger partial charge in [-0.15, -0.1) is 0 Å². The van der Waals surface area contributed by atoms with Crippen LogP contribution in [0.25, 0.3) is 0 Å². The van der Waals surface area contributed by atoms with E-state index >= 15 is 4.39 Å². The maximum atomic E-state index is 15.2. The Kier molecular flexibility index (Phi) is 6.72. The molecule has 1 atom stereocenters. The minimum absolute atomic E-state index is 0.234. The van der Waals surface area contributed by atoms with E-state index in [1.807, 2.05) is 0 Å². The minimum atomic E-state index is -1.23. The van der Waals surface area contributed by atoms with Gasteiger partial charge in [0.1, 0.15) is 17.0 Å². The number of anilines is 1. The molecule has 0 saturated carbocycles. The van der Waals surface area contributed by atoms with E-state index in [1.54, 1.807) is 18.2 Å². The van der Waals surface area contributed by atoms with Gasteiger partial charge in [-0.2, -0.15) is 0 Å². The molecule has 32 heavy (non-hydrogen) atoms. The summed E-state index contributed by atoms with van der Waals surface area (Å²) in [4.78, 5) is 18.2. The molecule has 2 N–H and O–H groups in total. The molecule has 2 aromatic rings. The third-order valence-corrected chi connectivity index (χ3v) is 6.98. The van der Waals surface area contributed by atoms with Crippen LogP contribution in [-0.2, 0) is 16.8 Å². The van der Waals surface area contributed by atoms with Gasteiger partial charge in [-0.3, -0.25) is 4.79 Å². The van der Waals surface area contributed by atoms with Gasteiger partial charge in [0.05, 0.1) is 18.7 Å². The molecule has 0 radical (unpaired) electrons. The molecule has 1 unspecified atom stereocenters. The highest BCUT2D eigenvalue weighted by Gasteiger charge is 2.49. The molecule has 0 bridgehead atoms. The van der Waals surface area contributed by atoms with Gasteiger partial charge < -0.3 is 25.0 Å². The number of methoxy groups -OCH3 is 1. The van der Waals surface area contributed by atoms with Crippen LogP contribution in [0.15, 0.2) is 30.3 Å². The van der Waals surface area contributed by atoms with Crippen molar-refractivity contribution in [3.05, 3.63) is 57.9 Å². The minimum Gasteiger partial charge on any atom is -0.495 e. The third-order valence-electron chi connectivity index (χ3n) is 6.68. The number of nitrogens with one attached hydrogen (secondary N) is 1. The van der Waals surface area contributed by atoms with E-state index in [0.29, 0.717) is 40.4 Å². The van der Waals surface area contributed by atoms with E-state index in [2.05, 4.69) is 22.2 Å². The number of piperazine rings is 1. The summed E-state index contributed by atoms with van der Waals surface area (Å²) < 4.78 is 20.5. The molecule has 0 aromatic heterocycles. The number of amides is 1. The van der Waals surface area contributed by atoms with Gasteiger partial charge in [-0.1, -0.05) is 17.7 Å². The Morgan fingerprint density at radius 2 is 1.94 bits per heavy atom. The standard InChI is InChI=1S/C24H29ClFN3O3/c1-28-8-10-29(11-9-28)7-3-6-24(17-12-16(15-30)4-5-20(17)26)18-13-19(25)22(32-2)14-21(18)27-23(24)31/h4-5,12-14,30H,3,6-11,15H2,1-2H3,(H,27,31). The van der Waals surface area contributed by atoms with Crippen molar-refractivity contribution in [1.82, 2.24) is 9.80 Å². The number of hydrogen-bond acceptors (Lipinski definition) is 5. The van der Waals surface area contributed by atoms with Crippen LogP contribution < -0.4 is 10.1 Å². The van der Waals surface area contributed by atoms with Crippen LogP contribution >= 0.6 is 11.6 Å². The number of nitrogens with zero attached hydrogens (tertiary/aromatic N) is 2. The molecule has 0 spiro atoms. The highest BCUT2D eigenvalue weighted by Crippen LogP contribution is 2.49. The predicted octanol–water partition coefficient (Wildman–Crippen LogP) is 3.25. The molecule has 2 aliphatic rings. The Labute approximate surface area is 192 Å². The third kappa shape index (κ3) is 4.10. The fraction of sp³-hybridized carbons (Fsp3) is 0.458. The molecule has 8 heteroatoms. The maximum Gasteiger partial charge on any atom is 0.239 e. The summed E-state index contributed by atoms with van der Waals surface area (Å²) in [5.41, 5.74) is 0.804. The summed E-state index contributed by atoms with van der Waals surface area (Å²) in [6.45, 7) is 4.56. The van der Waals surface area contributed by atoms with Crippen LogP contribution in [0.3, 0.4) is 0 Å². The molecular formula is C24H29ClFN3O3. The van der Waals surface area contributed by atoms with Crippen molar-refractivity contribution in [2.75, 3.05) is 52.2 Å². The molecule has 2 heterocycles. The van der Waals surface area contributed by atoms with Crippen molar-refractivity contribution in [1.29, 1.82) is 0 Å².